The smallest absolute Gasteiger partial charge is 0.275 e. The van der Waals surface area contributed by atoms with E-state index in [1.165, 1.54) is 13.3 Å². The van der Waals surface area contributed by atoms with Gasteiger partial charge in [0, 0.05) is 10.0 Å². The normalized spacial score (nSPS) is 11.2. The second-order valence-corrected chi connectivity index (χ2v) is 7.69. The van der Waals surface area contributed by atoms with E-state index in [0.717, 1.165) is 20.8 Å². The molecule has 1 heterocycles. The Morgan fingerprint density at radius 1 is 1.10 bits per heavy atom. The maximum Gasteiger partial charge on any atom is 0.275 e. The van der Waals surface area contributed by atoms with Gasteiger partial charge >= 0.3 is 0 Å². The Morgan fingerprint density at radius 2 is 1.87 bits per heavy atom. The zero-order valence-corrected chi connectivity index (χ0v) is 18.2. The molecule has 0 bridgehead atoms. The largest absolute Gasteiger partial charge is 0.496 e. The molecule has 0 spiro atoms. The van der Waals surface area contributed by atoms with Crippen molar-refractivity contribution < 1.29 is 13.9 Å². The second-order valence-electron chi connectivity index (χ2n) is 6.43. The number of hydrogen-bond acceptors (Lipinski definition) is 4. The Morgan fingerprint density at radius 3 is 2.60 bits per heavy atom. The summed E-state index contributed by atoms with van der Waals surface area (Å²) >= 11 is 9.50. The predicted molar refractivity (Wildman–Crippen MR) is 122 cm³/mol. The van der Waals surface area contributed by atoms with Crippen LogP contribution in [-0.2, 0) is 0 Å². The fourth-order valence-electron chi connectivity index (χ4n) is 3.01. The van der Waals surface area contributed by atoms with Crippen LogP contribution in [-0.4, -0.2) is 19.2 Å². The Bertz CT molecular complexity index is 1270. The molecule has 150 valence electrons. The highest BCUT2D eigenvalue weighted by Gasteiger charge is 2.13. The number of amides is 1. The topological polar surface area (TPSA) is 63.8 Å². The van der Waals surface area contributed by atoms with Gasteiger partial charge < -0.3 is 9.15 Å². The molecule has 0 aliphatic carbocycles. The third-order valence-corrected chi connectivity index (χ3v) is 5.73. The van der Waals surface area contributed by atoms with Crippen LogP contribution in [0.4, 0.5) is 0 Å². The molecule has 4 aromatic rings. The van der Waals surface area contributed by atoms with Crippen LogP contribution < -0.4 is 10.2 Å². The number of nitrogens with zero attached hydrogens (tertiary/aromatic N) is 1. The summed E-state index contributed by atoms with van der Waals surface area (Å²) in [5.41, 5.74) is 3.76. The number of hydrazone groups is 1. The first kappa shape index (κ1) is 20.2. The predicted octanol–water partition coefficient (Wildman–Crippen LogP) is 6.29. The van der Waals surface area contributed by atoms with Crippen LogP contribution in [0.15, 0.2) is 80.7 Å². The number of rotatable bonds is 5. The first-order valence-corrected chi connectivity index (χ1v) is 10.2. The van der Waals surface area contributed by atoms with Crippen LogP contribution in [0, 0.1) is 0 Å². The summed E-state index contributed by atoms with van der Waals surface area (Å²) in [5, 5.41) is 6.53. The summed E-state index contributed by atoms with van der Waals surface area (Å²) in [5.74, 6) is 1.25. The summed E-state index contributed by atoms with van der Waals surface area (Å²) in [6.45, 7) is 0. The van der Waals surface area contributed by atoms with Gasteiger partial charge in [0.2, 0.25) is 0 Å². The average Bonchev–Trinajstić information content (AvgIpc) is 3.23. The van der Waals surface area contributed by atoms with Gasteiger partial charge in [0.25, 0.3) is 5.91 Å². The molecule has 0 radical (unpaired) electrons. The van der Waals surface area contributed by atoms with Gasteiger partial charge in [-0.2, -0.15) is 5.10 Å². The van der Waals surface area contributed by atoms with Gasteiger partial charge in [0.15, 0.2) is 0 Å². The van der Waals surface area contributed by atoms with Crippen LogP contribution in [0.2, 0.25) is 5.02 Å². The molecule has 0 fully saturated rings. The summed E-state index contributed by atoms with van der Waals surface area (Å²) in [6.07, 6.45) is 1.44. The lowest BCUT2D eigenvalue weighted by molar-refractivity contribution is 0.0952. The molecule has 1 N–H and O–H groups in total. The number of carbonyl (C=O) groups is 1. The van der Waals surface area contributed by atoms with Crippen molar-refractivity contribution in [3.8, 4) is 17.1 Å². The number of ether oxygens (including phenoxy) is 1. The number of carbonyl (C=O) groups excluding carboxylic acids is 1. The van der Waals surface area contributed by atoms with E-state index >= 15 is 0 Å². The quantitative estimate of drug-likeness (QED) is 0.268. The maximum atomic E-state index is 12.6. The highest BCUT2D eigenvalue weighted by Crippen LogP contribution is 2.29. The van der Waals surface area contributed by atoms with E-state index in [0.29, 0.717) is 27.9 Å². The van der Waals surface area contributed by atoms with E-state index in [2.05, 4.69) is 26.5 Å². The Hall–Kier alpha value is -3.09. The third kappa shape index (κ3) is 4.25. The van der Waals surface area contributed by atoms with E-state index in [1.54, 1.807) is 18.2 Å². The number of benzene rings is 3. The highest BCUT2D eigenvalue weighted by atomic mass is 79.9. The maximum absolute atomic E-state index is 12.6. The summed E-state index contributed by atoms with van der Waals surface area (Å²) in [7, 11) is 1.53. The molecule has 7 heteroatoms. The van der Waals surface area contributed by atoms with Crippen molar-refractivity contribution in [3.63, 3.8) is 0 Å². The lowest BCUT2D eigenvalue weighted by Crippen LogP contribution is -2.18. The van der Waals surface area contributed by atoms with Crippen LogP contribution in [0.1, 0.15) is 16.1 Å². The van der Waals surface area contributed by atoms with Gasteiger partial charge in [0.1, 0.15) is 17.3 Å². The van der Waals surface area contributed by atoms with Crippen molar-refractivity contribution in [2.75, 3.05) is 7.11 Å². The van der Waals surface area contributed by atoms with Crippen molar-refractivity contribution in [2.24, 2.45) is 5.10 Å². The number of nitrogens with one attached hydrogen (secondary N) is 1. The molecule has 5 nitrogen and oxygen atoms in total. The zero-order chi connectivity index (χ0) is 21.1. The number of halogens is 2. The first-order valence-electron chi connectivity index (χ1n) is 9.00. The fraction of sp³-hybridized carbons (Fsp3) is 0.0435. The first-order chi connectivity index (χ1) is 14.5. The molecule has 0 aliphatic heterocycles. The van der Waals surface area contributed by atoms with Crippen molar-refractivity contribution >= 4 is 50.4 Å². The lowest BCUT2D eigenvalue weighted by atomic mass is 10.1. The van der Waals surface area contributed by atoms with Gasteiger partial charge in [0.05, 0.1) is 23.9 Å². The van der Waals surface area contributed by atoms with E-state index in [9.17, 15) is 4.79 Å². The van der Waals surface area contributed by atoms with Crippen molar-refractivity contribution in [1.82, 2.24) is 5.43 Å². The van der Waals surface area contributed by atoms with Gasteiger partial charge in [-0.05, 0) is 63.1 Å². The molecule has 0 atom stereocenters. The number of hydrogen-bond donors (Lipinski definition) is 1. The van der Waals surface area contributed by atoms with Crippen LogP contribution >= 0.6 is 27.5 Å². The van der Waals surface area contributed by atoms with E-state index < -0.39 is 0 Å². The molecule has 0 saturated carbocycles. The Balaban J connectivity index is 1.50. The monoisotopic (exact) mass is 482 g/mol. The van der Waals surface area contributed by atoms with Gasteiger partial charge in [-0.15, -0.1) is 0 Å². The minimum absolute atomic E-state index is 0.375. The number of fused-ring (bicyclic) bond motifs is 1. The van der Waals surface area contributed by atoms with Crippen molar-refractivity contribution in [3.05, 3.63) is 87.5 Å². The van der Waals surface area contributed by atoms with Crippen LogP contribution in [0.25, 0.3) is 22.1 Å². The minimum atomic E-state index is -0.375. The Labute approximate surface area is 186 Å². The Kier molecular flexibility index (Phi) is 5.88. The molecule has 3 aromatic carbocycles. The highest BCUT2D eigenvalue weighted by molar-refractivity contribution is 9.10. The molecular formula is C23H16BrClN2O3. The summed E-state index contributed by atoms with van der Waals surface area (Å²) in [4.78, 5) is 12.6. The van der Waals surface area contributed by atoms with Crippen LogP contribution in [0.5, 0.6) is 5.75 Å². The fourth-order valence-corrected chi connectivity index (χ4v) is 3.43. The lowest BCUT2D eigenvalue weighted by Gasteiger charge is -2.09. The average molecular weight is 484 g/mol. The van der Waals surface area contributed by atoms with Gasteiger partial charge in [-0.1, -0.05) is 41.9 Å². The van der Waals surface area contributed by atoms with Crippen molar-refractivity contribution in [2.45, 2.75) is 0 Å². The molecule has 30 heavy (non-hydrogen) atoms. The molecule has 1 amide bonds. The molecule has 0 aliphatic rings. The molecule has 0 saturated heterocycles. The minimum Gasteiger partial charge on any atom is -0.496 e. The summed E-state index contributed by atoms with van der Waals surface area (Å²) in [6, 6.07) is 20.5. The standard InChI is InChI=1S/C23H16BrClN2O3/c1-29-22-12-15-5-3-2-4-14(15)10-18(22)23(28)27-26-13-17-7-9-21(30-17)16-6-8-19(24)20(25)11-16/h2-13H,1H3,(H,27,28). The SMILES string of the molecule is COc1cc2ccccc2cc1C(=O)NN=Cc1ccc(-c2ccc(Br)c(Cl)c2)o1. The molecule has 0 unspecified atom stereocenters. The molecular weight excluding hydrogens is 468 g/mol. The zero-order valence-electron chi connectivity index (χ0n) is 15.9. The van der Waals surface area contributed by atoms with E-state index in [-0.39, 0.29) is 5.91 Å². The molecule has 4 rings (SSSR count). The second kappa shape index (κ2) is 8.73. The summed E-state index contributed by atoms with van der Waals surface area (Å²) < 4.78 is 11.9. The third-order valence-electron chi connectivity index (χ3n) is 4.50. The number of methoxy groups -OCH3 is 1. The van der Waals surface area contributed by atoms with E-state index in [1.807, 2.05) is 48.5 Å². The van der Waals surface area contributed by atoms with Gasteiger partial charge in [-0.25, -0.2) is 5.43 Å². The number of furan rings is 1. The van der Waals surface area contributed by atoms with Gasteiger partial charge in [-0.3, -0.25) is 4.79 Å². The molecule has 1 aromatic heterocycles. The van der Waals surface area contributed by atoms with Crippen molar-refractivity contribution in [1.29, 1.82) is 0 Å². The van der Waals surface area contributed by atoms with E-state index in [4.69, 9.17) is 20.8 Å². The van der Waals surface area contributed by atoms with Crippen LogP contribution in [0.3, 0.4) is 0 Å².